The molecule has 4 nitrogen and oxygen atoms in total. The molecule has 17 heavy (non-hydrogen) atoms. The fourth-order valence-corrected chi connectivity index (χ4v) is 2.91. The molecule has 1 saturated heterocycles. The van der Waals surface area contributed by atoms with Gasteiger partial charge >= 0.3 is 0 Å². The number of morpholine rings is 1. The molecule has 3 rings (SSSR count). The molecule has 1 aromatic heterocycles. The maximum absolute atomic E-state index is 8.89. The van der Waals surface area contributed by atoms with Crippen molar-refractivity contribution >= 4 is 5.69 Å². The summed E-state index contributed by atoms with van der Waals surface area (Å²) in [5.41, 5.74) is 1.60. The molecule has 0 aromatic carbocycles. The molecule has 2 unspecified atom stereocenters. The van der Waals surface area contributed by atoms with Gasteiger partial charge in [0.15, 0.2) is 0 Å². The first-order valence-corrected chi connectivity index (χ1v) is 6.13. The lowest BCUT2D eigenvalue weighted by Crippen LogP contribution is -2.48. The van der Waals surface area contributed by atoms with Gasteiger partial charge in [-0.3, -0.25) is 0 Å². The SMILES string of the molecule is N#Cc1cc(N2CCOC3CCCC32)ccn1. The van der Waals surface area contributed by atoms with Crippen molar-refractivity contribution in [2.75, 3.05) is 18.1 Å². The van der Waals surface area contributed by atoms with Crippen LogP contribution in [0.1, 0.15) is 25.0 Å². The fourth-order valence-electron chi connectivity index (χ4n) is 2.91. The van der Waals surface area contributed by atoms with E-state index in [2.05, 4.69) is 16.0 Å². The summed E-state index contributed by atoms with van der Waals surface area (Å²) in [6.45, 7) is 1.70. The van der Waals surface area contributed by atoms with Crippen molar-refractivity contribution in [1.29, 1.82) is 5.26 Å². The molecule has 2 aliphatic rings. The van der Waals surface area contributed by atoms with E-state index in [9.17, 15) is 0 Å². The number of anilines is 1. The van der Waals surface area contributed by atoms with E-state index in [1.54, 1.807) is 6.20 Å². The topological polar surface area (TPSA) is 49.2 Å². The molecule has 2 fully saturated rings. The standard InChI is InChI=1S/C13H15N3O/c14-9-10-8-11(4-5-15-10)16-6-7-17-13-3-1-2-12(13)16/h4-5,8,12-13H,1-3,6-7H2. The largest absolute Gasteiger partial charge is 0.374 e. The second-order valence-electron chi connectivity index (χ2n) is 4.61. The molecule has 1 saturated carbocycles. The second-order valence-corrected chi connectivity index (χ2v) is 4.61. The zero-order valence-corrected chi connectivity index (χ0v) is 9.67. The van der Waals surface area contributed by atoms with Crippen molar-refractivity contribution < 1.29 is 4.74 Å². The lowest BCUT2D eigenvalue weighted by Gasteiger charge is -2.39. The molecule has 0 amide bonds. The Morgan fingerprint density at radius 2 is 2.41 bits per heavy atom. The van der Waals surface area contributed by atoms with Crippen LogP contribution in [-0.4, -0.2) is 30.3 Å². The minimum absolute atomic E-state index is 0.377. The maximum Gasteiger partial charge on any atom is 0.142 e. The van der Waals surface area contributed by atoms with Crippen LogP contribution in [0.4, 0.5) is 5.69 Å². The normalized spacial score (nSPS) is 27.6. The highest BCUT2D eigenvalue weighted by Crippen LogP contribution is 2.32. The molecule has 88 valence electrons. The fraction of sp³-hybridized carbons (Fsp3) is 0.538. The molecular weight excluding hydrogens is 214 g/mol. The Bertz CT molecular complexity index is 454. The van der Waals surface area contributed by atoms with Crippen LogP contribution in [0.3, 0.4) is 0 Å². The van der Waals surface area contributed by atoms with E-state index < -0.39 is 0 Å². The number of aromatic nitrogens is 1. The van der Waals surface area contributed by atoms with Crippen LogP contribution in [0.2, 0.25) is 0 Å². The summed E-state index contributed by atoms with van der Waals surface area (Å²) in [7, 11) is 0. The molecule has 2 heterocycles. The van der Waals surface area contributed by atoms with Crippen molar-refractivity contribution in [3.63, 3.8) is 0 Å². The van der Waals surface area contributed by atoms with Gasteiger partial charge in [-0.15, -0.1) is 0 Å². The zero-order valence-electron chi connectivity index (χ0n) is 9.67. The van der Waals surface area contributed by atoms with Gasteiger partial charge < -0.3 is 9.64 Å². The van der Waals surface area contributed by atoms with Gasteiger partial charge in [0.05, 0.1) is 18.8 Å². The van der Waals surface area contributed by atoms with Crippen molar-refractivity contribution in [1.82, 2.24) is 4.98 Å². The maximum atomic E-state index is 8.89. The Kier molecular flexibility index (Phi) is 2.69. The highest BCUT2D eigenvalue weighted by molar-refractivity contribution is 5.50. The summed E-state index contributed by atoms with van der Waals surface area (Å²) in [4.78, 5) is 6.40. The van der Waals surface area contributed by atoms with Gasteiger partial charge in [0, 0.05) is 18.4 Å². The number of hydrogen-bond donors (Lipinski definition) is 0. The predicted molar refractivity (Wildman–Crippen MR) is 63.7 cm³/mol. The number of nitrogens with zero attached hydrogens (tertiary/aromatic N) is 3. The first-order valence-electron chi connectivity index (χ1n) is 6.13. The van der Waals surface area contributed by atoms with Crippen molar-refractivity contribution in [2.45, 2.75) is 31.4 Å². The average molecular weight is 229 g/mol. The van der Waals surface area contributed by atoms with Crippen LogP contribution in [0.15, 0.2) is 18.3 Å². The number of ether oxygens (including phenoxy) is 1. The molecule has 0 bridgehead atoms. The van der Waals surface area contributed by atoms with E-state index in [-0.39, 0.29) is 0 Å². The monoisotopic (exact) mass is 229 g/mol. The van der Waals surface area contributed by atoms with Gasteiger partial charge in [-0.25, -0.2) is 4.98 Å². The van der Waals surface area contributed by atoms with Gasteiger partial charge in [0.1, 0.15) is 11.8 Å². The third-order valence-corrected chi connectivity index (χ3v) is 3.67. The zero-order chi connectivity index (χ0) is 11.7. The van der Waals surface area contributed by atoms with E-state index >= 15 is 0 Å². The Labute approximate surface area is 101 Å². The highest BCUT2D eigenvalue weighted by atomic mass is 16.5. The average Bonchev–Trinajstić information content (AvgIpc) is 2.87. The molecule has 0 N–H and O–H groups in total. The van der Waals surface area contributed by atoms with Gasteiger partial charge in [-0.2, -0.15) is 5.26 Å². The van der Waals surface area contributed by atoms with Crippen LogP contribution in [0.5, 0.6) is 0 Å². The van der Waals surface area contributed by atoms with Crippen molar-refractivity contribution in [2.24, 2.45) is 0 Å². The van der Waals surface area contributed by atoms with Crippen LogP contribution in [0, 0.1) is 11.3 Å². The molecule has 0 spiro atoms. The van der Waals surface area contributed by atoms with E-state index in [0.717, 1.165) is 25.3 Å². The first kappa shape index (κ1) is 10.5. The number of fused-ring (bicyclic) bond motifs is 1. The van der Waals surface area contributed by atoms with Gasteiger partial charge in [0.2, 0.25) is 0 Å². The quantitative estimate of drug-likeness (QED) is 0.735. The van der Waals surface area contributed by atoms with Crippen LogP contribution < -0.4 is 4.90 Å². The van der Waals surface area contributed by atoms with Crippen LogP contribution >= 0.6 is 0 Å². The van der Waals surface area contributed by atoms with Gasteiger partial charge in [-0.1, -0.05) is 0 Å². The Morgan fingerprint density at radius 3 is 3.29 bits per heavy atom. The molecular formula is C13H15N3O. The summed E-state index contributed by atoms with van der Waals surface area (Å²) < 4.78 is 5.79. The lowest BCUT2D eigenvalue weighted by atomic mass is 10.1. The summed E-state index contributed by atoms with van der Waals surface area (Å²) in [6.07, 6.45) is 5.68. The first-order chi connectivity index (χ1) is 8.38. The summed E-state index contributed by atoms with van der Waals surface area (Å²) in [5, 5.41) is 8.89. The number of pyridine rings is 1. The van der Waals surface area contributed by atoms with Crippen LogP contribution in [-0.2, 0) is 4.74 Å². The Balaban J connectivity index is 1.89. The minimum atomic E-state index is 0.377. The van der Waals surface area contributed by atoms with E-state index in [1.165, 1.54) is 12.8 Å². The minimum Gasteiger partial charge on any atom is -0.374 e. The number of hydrogen-bond acceptors (Lipinski definition) is 4. The lowest BCUT2D eigenvalue weighted by molar-refractivity contribution is 0.0256. The van der Waals surface area contributed by atoms with Gasteiger partial charge in [-0.05, 0) is 31.4 Å². The molecule has 1 aliphatic carbocycles. The van der Waals surface area contributed by atoms with E-state index in [1.807, 2.05) is 12.1 Å². The Hall–Kier alpha value is -1.60. The number of rotatable bonds is 1. The molecule has 1 aliphatic heterocycles. The summed E-state index contributed by atoms with van der Waals surface area (Å²) >= 11 is 0. The smallest absolute Gasteiger partial charge is 0.142 e. The number of nitriles is 1. The summed E-state index contributed by atoms with van der Waals surface area (Å²) in [6, 6.07) is 6.44. The second kappa shape index (κ2) is 4.34. The third kappa shape index (κ3) is 1.87. The molecule has 1 aromatic rings. The summed E-state index contributed by atoms with van der Waals surface area (Å²) in [5.74, 6) is 0. The predicted octanol–water partition coefficient (Wildman–Crippen LogP) is 1.71. The van der Waals surface area contributed by atoms with E-state index in [4.69, 9.17) is 10.00 Å². The highest BCUT2D eigenvalue weighted by Gasteiger charge is 2.36. The molecule has 2 atom stereocenters. The third-order valence-electron chi connectivity index (χ3n) is 3.67. The van der Waals surface area contributed by atoms with Crippen molar-refractivity contribution in [3.05, 3.63) is 24.0 Å². The molecule has 4 heteroatoms. The van der Waals surface area contributed by atoms with Gasteiger partial charge in [0.25, 0.3) is 0 Å². The Morgan fingerprint density at radius 1 is 1.47 bits per heavy atom. The van der Waals surface area contributed by atoms with Crippen LogP contribution in [0.25, 0.3) is 0 Å². The molecule has 0 radical (unpaired) electrons. The van der Waals surface area contributed by atoms with E-state index in [0.29, 0.717) is 17.8 Å². The van der Waals surface area contributed by atoms with Crippen molar-refractivity contribution in [3.8, 4) is 6.07 Å².